The SMILES string of the molecule is C=CC(=C(C)C(=O)OC)C(C)Oc1cc(-c2c(CN(C)C(=O)OC3(C)C=CC3)noc2CC)cnc1N. The van der Waals surface area contributed by atoms with E-state index in [2.05, 4.69) is 16.7 Å². The number of carbonyl (C=O) groups is 2. The highest BCUT2D eigenvalue weighted by atomic mass is 16.6. The molecule has 10 heteroatoms. The fourth-order valence-electron chi connectivity index (χ4n) is 3.97. The molecule has 0 saturated heterocycles. The summed E-state index contributed by atoms with van der Waals surface area (Å²) in [7, 11) is 2.95. The van der Waals surface area contributed by atoms with Crippen molar-refractivity contribution in [2.45, 2.75) is 58.8 Å². The third-order valence-electron chi connectivity index (χ3n) is 6.22. The van der Waals surface area contributed by atoms with Gasteiger partial charge in [0, 0.05) is 42.8 Å². The number of esters is 1. The summed E-state index contributed by atoms with van der Waals surface area (Å²) in [6.07, 6.45) is 7.19. The second-order valence-electron chi connectivity index (χ2n) is 9.07. The summed E-state index contributed by atoms with van der Waals surface area (Å²) < 4.78 is 22.1. The minimum absolute atomic E-state index is 0.163. The Morgan fingerprint density at radius 2 is 2.11 bits per heavy atom. The molecule has 1 aliphatic rings. The van der Waals surface area contributed by atoms with Crippen LogP contribution in [0.4, 0.5) is 10.6 Å². The van der Waals surface area contributed by atoms with Crippen LogP contribution < -0.4 is 10.5 Å². The minimum atomic E-state index is -0.582. The molecule has 2 aromatic rings. The van der Waals surface area contributed by atoms with E-state index in [1.165, 1.54) is 12.0 Å². The predicted molar refractivity (Wildman–Crippen MR) is 139 cm³/mol. The van der Waals surface area contributed by atoms with Gasteiger partial charge in [0.05, 0.1) is 19.2 Å². The summed E-state index contributed by atoms with van der Waals surface area (Å²) in [5.74, 6) is 0.642. The van der Waals surface area contributed by atoms with Crippen LogP contribution in [0, 0.1) is 0 Å². The molecule has 0 aliphatic heterocycles. The zero-order chi connectivity index (χ0) is 27.3. The van der Waals surface area contributed by atoms with Crippen molar-refractivity contribution in [1.82, 2.24) is 15.0 Å². The highest BCUT2D eigenvalue weighted by molar-refractivity contribution is 5.89. The Morgan fingerprint density at radius 1 is 1.41 bits per heavy atom. The zero-order valence-corrected chi connectivity index (χ0v) is 22.2. The van der Waals surface area contributed by atoms with Crippen molar-refractivity contribution >= 4 is 17.9 Å². The van der Waals surface area contributed by atoms with Gasteiger partial charge in [-0.25, -0.2) is 14.6 Å². The number of anilines is 1. The normalized spacial score (nSPS) is 17.8. The number of ether oxygens (including phenoxy) is 3. The molecule has 1 aliphatic carbocycles. The van der Waals surface area contributed by atoms with Gasteiger partial charge in [0.15, 0.2) is 11.6 Å². The summed E-state index contributed by atoms with van der Waals surface area (Å²) in [4.78, 5) is 30.4. The standard InChI is InChI=1S/C27H34N4O6/c1-8-19(16(3)25(32)34-7)17(4)35-22-13-18(14-29-24(22)28)23-20(30-37-21(23)9-2)15-31(6)26(33)36-27(5)11-10-12-27/h8,10-11,13-14,17H,1,9,12,15H2,2-7H3,(H2,28,29). The van der Waals surface area contributed by atoms with Crippen molar-refractivity contribution in [3.63, 3.8) is 0 Å². The van der Waals surface area contributed by atoms with Gasteiger partial charge in [-0.15, -0.1) is 0 Å². The van der Waals surface area contributed by atoms with Gasteiger partial charge in [0.2, 0.25) is 0 Å². The van der Waals surface area contributed by atoms with Crippen molar-refractivity contribution < 1.29 is 28.3 Å². The van der Waals surface area contributed by atoms with Crippen LogP contribution in [-0.4, -0.2) is 53.0 Å². The first-order valence-electron chi connectivity index (χ1n) is 12.0. The molecule has 37 heavy (non-hydrogen) atoms. The number of aromatic nitrogens is 2. The van der Waals surface area contributed by atoms with Gasteiger partial charge in [-0.3, -0.25) is 0 Å². The maximum absolute atomic E-state index is 12.6. The lowest BCUT2D eigenvalue weighted by molar-refractivity contribution is -0.136. The summed E-state index contributed by atoms with van der Waals surface area (Å²) in [6, 6.07) is 1.74. The third-order valence-corrected chi connectivity index (χ3v) is 6.22. The van der Waals surface area contributed by atoms with Crippen molar-refractivity contribution in [3.8, 4) is 16.9 Å². The molecule has 2 unspecified atom stereocenters. The topological polar surface area (TPSA) is 130 Å². The van der Waals surface area contributed by atoms with Crippen molar-refractivity contribution in [3.05, 3.63) is 59.7 Å². The van der Waals surface area contributed by atoms with E-state index >= 15 is 0 Å². The Bertz CT molecular complexity index is 1250. The van der Waals surface area contributed by atoms with Crippen LogP contribution in [0.2, 0.25) is 0 Å². The Morgan fingerprint density at radius 3 is 2.68 bits per heavy atom. The molecule has 0 radical (unpaired) electrons. The number of nitrogens with two attached hydrogens (primary N) is 1. The van der Waals surface area contributed by atoms with Gasteiger partial charge >= 0.3 is 12.1 Å². The van der Waals surface area contributed by atoms with Gasteiger partial charge in [-0.1, -0.05) is 30.8 Å². The van der Waals surface area contributed by atoms with Crippen molar-refractivity contribution in [2.24, 2.45) is 0 Å². The molecule has 0 spiro atoms. The van der Waals surface area contributed by atoms with E-state index in [4.69, 9.17) is 24.5 Å². The number of pyridine rings is 1. The lowest BCUT2D eigenvalue weighted by Gasteiger charge is -2.32. The number of nitrogen functional groups attached to an aromatic ring is 1. The van der Waals surface area contributed by atoms with Crippen LogP contribution >= 0.6 is 0 Å². The second-order valence-corrected chi connectivity index (χ2v) is 9.07. The molecule has 0 fully saturated rings. The third kappa shape index (κ3) is 6.02. The van der Waals surface area contributed by atoms with Crippen LogP contribution in [0.15, 0.2) is 52.7 Å². The zero-order valence-electron chi connectivity index (χ0n) is 22.2. The van der Waals surface area contributed by atoms with Crippen LogP contribution in [0.5, 0.6) is 5.75 Å². The van der Waals surface area contributed by atoms with Gasteiger partial charge in [-0.2, -0.15) is 0 Å². The monoisotopic (exact) mass is 510 g/mol. The van der Waals surface area contributed by atoms with E-state index in [9.17, 15) is 9.59 Å². The Balaban J connectivity index is 1.89. The minimum Gasteiger partial charge on any atom is -0.482 e. The molecule has 2 aromatic heterocycles. The van der Waals surface area contributed by atoms with E-state index in [1.54, 1.807) is 39.2 Å². The maximum atomic E-state index is 12.6. The Labute approximate surface area is 216 Å². The molecule has 2 atom stereocenters. The molecule has 2 heterocycles. The van der Waals surface area contributed by atoms with Crippen molar-refractivity contribution in [1.29, 1.82) is 0 Å². The molecule has 1 amide bonds. The lowest BCUT2D eigenvalue weighted by atomic mass is 9.92. The van der Waals surface area contributed by atoms with Gasteiger partial charge < -0.3 is 29.4 Å². The largest absolute Gasteiger partial charge is 0.482 e. The fourth-order valence-corrected chi connectivity index (χ4v) is 3.97. The highest BCUT2D eigenvalue weighted by Crippen LogP contribution is 2.34. The number of hydrogen-bond acceptors (Lipinski definition) is 9. The average Bonchev–Trinajstić information content (AvgIpc) is 3.26. The number of amides is 1. The number of aryl methyl sites for hydroxylation is 1. The molecule has 10 nitrogen and oxygen atoms in total. The summed E-state index contributed by atoms with van der Waals surface area (Å²) in [5.41, 5.74) is 8.38. The Hall–Kier alpha value is -4.08. The van der Waals surface area contributed by atoms with Gasteiger partial charge in [0.1, 0.15) is 23.2 Å². The average molecular weight is 511 g/mol. The van der Waals surface area contributed by atoms with E-state index in [0.717, 1.165) is 0 Å². The molecular weight excluding hydrogens is 476 g/mol. The number of carbonyl (C=O) groups excluding carboxylic acids is 2. The molecule has 2 N–H and O–H groups in total. The molecule has 3 rings (SSSR count). The highest BCUT2D eigenvalue weighted by Gasteiger charge is 2.32. The number of hydrogen-bond donors (Lipinski definition) is 1. The number of rotatable bonds is 10. The maximum Gasteiger partial charge on any atom is 0.410 e. The predicted octanol–water partition coefficient (Wildman–Crippen LogP) is 4.61. The van der Waals surface area contributed by atoms with E-state index in [-0.39, 0.29) is 12.4 Å². The smallest absolute Gasteiger partial charge is 0.410 e. The Kier molecular flexibility index (Phi) is 8.42. The first kappa shape index (κ1) is 27.5. The number of methoxy groups -OCH3 is 1. The van der Waals surface area contributed by atoms with E-state index in [1.807, 2.05) is 26.0 Å². The molecule has 0 aromatic carbocycles. The molecular formula is C27H34N4O6. The van der Waals surface area contributed by atoms with Gasteiger partial charge in [-0.05, 0) is 32.9 Å². The lowest BCUT2D eigenvalue weighted by Crippen LogP contribution is -2.39. The summed E-state index contributed by atoms with van der Waals surface area (Å²) >= 11 is 0. The number of nitrogens with zero attached hydrogens (tertiary/aromatic N) is 3. The summed E-state index contributed by atoms with van der Waals surface area (Å²) in [5, 5.41) is 4.21. The van der Waals surface area contributed by atoms with Crippen LogP contribution in [0.25, 0.3) is 11.1 Å². The van der Waals surface area contributed by atoms with E-state index in [0.29, 0.717) is 52.3 Å². The van der Waals surface area contributed by atoms with Crippen LogP contribution in [0.1, 0.15) is 45.6 Å². The van der Waals surface area contributed by atoms with Crippen LogP contribution in [0.3, 0.4) is 0 Å². The first-order chi connectivity index (χ1) is 17.5. The van der Waals surface area contributed by atoms with Crippen LogP contribution in [-0.2, 0) is 27.2 Å². The first-order valence-corrected chi connectivity index (χ1v) is 12.0. The van der Waals surface area contributed by atoms with Crippen molar-refractivity contribution in [2.75, 3.05) is 19.9 Å². The molecule has 0 bridgehead atoms. The summed E-state index contributed by atoms with van der Waals surface area (Å²) in [6.45, 7) is 11.2. The second kappa shape index (κ2) is 11.3. The fraction of sp³-hybridized carbons (Fsp3) is 0.407. The molecule has 198 valence electrons. The van der Waals surface area contributed by atoms with Gasteiger partial charge in [0.25, 0.3) is 0 Å². The molecule has 0 saturated carbocycles. The van der Waals surface area contributed by atoms with E-state index < -0.39 is 23.8 Å². The quantitative estimate of drug-likeness (QED) is 0.211.